The number of fused-ring (bicyclic) bond motifs is 2. The molecule has 1 aromatic rings. The zero-order valence-corrected chi connectivity index (χ0v) is 30.6. The van der Waals surface area contributed by atoms with Gasteiger partial charge in [-0.05, 0) is 50.2 Å². The minimum Gasteiger partial charge on any atom is -0.455 e. The molecule has 3 amide bonds. The third-order valence-corrected chi connectivity index (χ3v) is 12.0. The van der Waals surface area contributed by atoms with Crippen LogP contribution in [0.1, 0.15) is 83.8 Å². The summed E-state index contributed by atoms with van der Waals surface area (Å²) in [5, 5.41) is 10.7. The standard InChI is InChI=1S/C38H50BrN3O7/c1-23(2)20-27(22-43)42-34-36(46)41(26-16-10-6-11-17-26)19-13-7-12-18-29(44)40(4)24(3)32(25-14-8-5-9-15-25)48-37(47)30-31(35(42)45)38(34)21-28(39)33(30)49-38/h5,7-9,13-15,21,23-24,26-27,30-34,43H,6,10-12,16-20,22H2,1-4H3/b13-7-/t24-,27-,30+,31-,32+,33+,34+,38-/m1/s1. The summed E-state index contributed by atoms with van der Waals surface area (Å²) in [6.07, 6.45) is 10.2. The molecule has 0 aromatic heterocycles. The van der Waals surface area contributed by atoms with Crippen LogP contribution in [0.3, 0.4) is 0 Å². The molecule has 4 aliphatic heterocycles. The van der Waals surface area contributed by atoms with Crippen LogP contribution in [0.2, 0.25) is 0 Å². The van der Waals surface area contributed by atoms with Gasteiger partial charge in [0.2, 0.25) is 17.7 Å². The summed E-state index contributed by atoms with van der Waals surface area (Å²) >= 11 is 3.65. The number of allylic oxidation sites excluding steroid dienone is 1. The van der Waals surface area contributed by atoms with Crippen molar-refractivity contribution in [2.45, 2.75) is 114 Å². The number of aliphatic hydroxyl groups excluding tert-OH is 1. The Hall–Kier alpha value is -3.02. The van der Waals surface area contributed by atoms with Crippen LogP contribution < -0.4 is 0 Å². The maximum atomic E-state index is 15.2. The Morgan fingerprint density at radius 2 is 1.71 bits per heavy atom. The van der Waals surface area contributed by atoms with E-state index in [2.05, 4.69) is 15.9 Å². The fraction of sp³-hybridized carbons (Fsp3) is 0.632. The molecule has 1 N–H and O–H groups in total. The predicted octanol–water partition coefficient (Wildman–Crippen LogP) is 4.91. The third kappa shape index (κ3) is 6.51. The molecule has 266 valence electrons. The van der Waals surface area contributed by atoms with Gasteiger partial charge in [0.1, 0.15) is 29.8 Å². The van der Waals surface area contributed by atoms with Crippen LogP contribution in [-0.4, -0.2) is 99.6 Å². The van der Waals surface area contributed by atoms with E-state index in [1.54, 1.807) is 16.8 Å². The van der Waals surface area contributed by atoms with Gasteiger partial charge in [0, 0.05) is 30.5 Å². The highest BCUT2D eigenvalue weighted by molar-refractivity contribution is 9.11. The maximum absolute atomic E-state index is 15.2. The van der Waals surface area contributed by atoms with E-state index in [4.69, 9.17) is 9.47 Å². The lowest BCUT2D eigenvalue weighted by Crippen LogP contribution is -2.60. The van der Waals surface area contributed by atoms with Crippen molar-refractivity contribution < 1.29 is 33.8 Å². The number of amides is 3. The number of benzene rings is 1. The number of carbonyl (C=O) groups is 4. The van der Waals surface area contributed by atoms with Gasteiger partial charge >= 0.3 is 5.97 Å². The fourth-order valence-electron chi connectivity index (χ4n) is 8.80. The van der Waals surface area contributed by atoms with Crippen LogP contribution in [0.5, 0.6) is 0 Å². The summed E-state index contributed by atoms with van der Waals surface area (Å²) in [6, 6.07) is 7.07. The Kier molecular flexibility index (Phi) is 10.7. The van der Waals surface area contributed by atoms with Crippen LogP contribution >= 0.6 is 15.9 Å². The van der Waals surface area contributed by atoms with Crippen LogP contribution in [0, 0.1) is 17.8 Å². The third-order valence-electron chi connectivity index (χ3n) is 11.3. The van der Waals surface area contributed by atoms with Crippen molar-refractivity contribution in [1.82, 2.24) is 14.7 Å². The lowest BCUT2D eigenvalue weighted by atomic mass is 9.74. The van der Waals surface area contributed by atoms with Crippen molar-refractivity contribution in [3.63, 3.8) is 0 Å². The summed E-state index contributed by atoms with van der Waals surface area (Å²) in [6.45, 7) is 5.91. The van der Waals surface area contributed by atoms with Crippen LogP contribution in [0.4, 0.5) is 0 Å². The van der Waals surface area contributed by atoms with Crippen molar-refractivity contribution in [1.29, 1.82) is 0 Å². The number of aliphatic hydroxyl groups is 1. The number of carbonyl (C=O) groups excluding carboxylic acids is 4. The van der Waals surface area contributed by atoms with E-state index in [1.807, 2.05) is 74.2 Å². The van der Waals surface area contributed by atoms with E-state index in [1.165, 1.54) is 0 Å². The molecule has 8 atom stereocenters. The number of rotatable bonds is 6. The van der Waals surface area contributed by atoms with Crippen molar-refractivity contribution >= 4 is 39.6 Å². The number of likely N-dealkylation sites (tertiary alicyclic amines) is 1. The molecule has 6 rings (SSSR count). The molecule has 10 nitrogen and oxygen atoms in total. The Labute approximate surface area is 298 Å². The first-order chi connectivity index (χ1) is 23.5. The fourth-order valence-corrected chi connectivity index (χ4v) is 9.53. The Balaban J connectivity index is 1.48. The number of halogens is 1. The molecule has 1 spiro atoms. The van der Waals surface area contributed by atoms with E-state index >= 15 is 4.79 Å². The second-order valence-electron chi connectivity index (χ2n) is 14.8. The highest BCUT2D eigenvalue weighted by Gasteiger charge is 2.75. The van der Waals surface area contributed by atoms with Crippen molar-refractivity contribution in [2.75, 3.05) is 20.2 Å². The van der Waals surface area contributed by atoms with Crippen LogP contribution in [0.25, 0.3) is 0 Å². The first-order valence-corrected chi connectivity index (χ1v) is 18.7. The summed E-state index contributed by atoms with van der Waals surface area (Å²) in [4.78, 5) is 63.0. The number of likely N-dealkylation sites (N-methyl/N-ethyl adjacent to an activating group) is 1. The number of esters is 1. The number of ether oxygens (including phenoxy) is 2. The van der Waals surface area contributed by atoms with Gasteiger partial charge in [-0.25, -0.2) is 0 Å². The zero-order valence-electron chi connectivity index (χ0n) is 29.0. The molecule has 4 heterocycles. The Bertz CT molecular complexity index is 1480. The summed E-state index contributed by atoms with van der Waals surface area (Å²) < 4.78 is 13.7. The molecule has 2 saturated heterocycles. The minimum absolute atomic E-state index is 0.0231. The molecule has 1 aromatic carbocycles. The van der Waals surface area contributed by atoms with Gasteiger partial charge in [-0.1, -0.05) is 91.5 Å². The van der Waals surface area contributed by atoms with Gasteiger partial charge in [0.05, 0.1) is 24.6 Å². The van der Waals surface area contributed by atoms with Gasteiger partial charge < -0.3 is 29.3 Å². The summed E-state index contributed by atoms with van der Waals surface area (Å²) in [5.41, 5.74) is -0.696. The van der Waals surface area contributed by atoms with Crippen molar-refractivity contribution in [3.8, 4) is 0 Å². The number of cyclic esters (lactones) is 1. The summed E-state index contributed by atoms with van der Waals surface area (Å²) in [5.74, 6) is -3.25. The molecular weight excluding hydrogens is 690 g/mol. The Morgan fingerprint density at radius 1 is 1.00 bits per heavy atom. The highest BCUT2D eigenvalue weighted by Crippen LogP contribution is 2.59. The quantitative estimate of drug-likeness (QED) is 0.326. The van der Waals surface area contributed by atoms with Gasteiger partial charge in [-0.15, -0.1) is 0 Å². The maximum Gasteiger partial charge on any atom is 0.313 e. The smallest absolute Gasteiger partial charge is 0.313 e. The van der Waals surface area contributed by atoms with E-state index in [9.17, 15) is 19.5 Å². The van der Waals surface area contributed by atoms with Gasteiger partial charge in [-0.2, -0.15) is 0 Å². The first kappa shape index (κ1) is 35.8. The van der Waals surface area contributed by atoms with Crippen molar-refractivity contribution in [3.05, 3.63) is 58.6 Å². The van der Waals surface area contributed by atoms with E-state index in [0.29, 0.717) is 23.9 Å². The second kappa shape index (κ2) is 14.7. The van der Waals surface area contributed by atoms with Crippen molar-refractivity contribution in [2.24, 2.45) is 17.8 Å². The molecule has 3 fully saturated rings. The second-order valence-corrected chi connectivity index (χ2v) is 15.8. The van der Waals surface area contributed by atoms with Gasteiger partial charge in [0.25, 0.3) is 0 Å². The molecule has 0 unspecified atom stereocenters. The molecule has 1 aliphatic carbocycles. The normalized spacial score (nSPS) is 34.3. The number of nitrogens with zero attached hydrogens (tertiary/aromatic N) is 3. The van der Waals surface area contributed by atoms with Crippen LogP contribution in [0.15, 0.2) is 53.0 Å². The largest absolute Gasteiger partial charge is 0.455 e. The van der Waals surface area contributed by atoms with Crippen LogP contribution in [-0.2, 0) is 28.7 Å². The zero-order chi connectivity index (χ0) is 35.0. The topological polar surface area (TPSA) is 117 Å². The SMILES string of the molecule is CC(C)C[C@H](CO)N1C(=O)[C@H]2[C@@H]3C(=O)O[C@H](c4ccccc4)[C@@H](C)N(C)C(=O)CC/C=C\CN(C4CCCCC4)C(=O)[C@H]1[C@@]21C=C(Br)[C@@H]3O1. The lowest BCUT2D eigenvalue weighted by molar-refractivity contribution is -0.164. The summed E-state index contributed by atoms with van der Waals surface area (Å²) in [7, 11) is 1.72. The molecule has 5 aliphatic rings. The Morgan fingerprint density at radius 3 is 2.39 bits per heavy atom. The molecular formula is C38H50BrN3O7. The number of hydrogen-bond acceptors (Lipinski definition) is 7. The average Bonchev–Trinajstić information content (AvgIpc) is 3.70. The first-order valence-electron chi connectivity index (χ1n) is 18.0. The highest BCUT2D eigenvalue weighted by atomic mass is 79.9. The molecule has 5 bridgehead atoms. The van der Waals surface area contributed by atoms with E-state index < -0.39 is 53.7 Å². The monoisotopic (exact) mass is 739 g/mol. The van der Waals surface area contributed by atoms with Gasteiger partial charge in [-0.3, -0.25) is 19.2 Å². The molecule has 49 heavy (non-hydrogen) atoms. The number of hydrogen-bond donors (Lipinski definition) is 1. The molecule has 11 heteroatoms. The van der Waals surface area contributed by atoms with Gasteiger partial charge in [0.15, 0.2) is 0 Å². The minimum atomic E-state index is -1.42. The van der Waals surface area contributed by atoms with E-state index in [0.717, 1.165) is 37.7 Å². The van der Waals surface area contributed by atoms with E-state index in [-0.39, 0.29) is 42.7 Å². The average molecular weight is 741 g/mol. The molecule has 0 radical (unpaired) electrons. The lowest BCUT2D eigenvalue weighted by Gasteiger charge is -2.42. The molecule has 1 saturated carbocycles. The predicted molar refractivity (Wildman–Crippen MR) is 187 cm³/mol.